The van der Waals surface area contributed by atoms with Crippen LogP contribution in [0.15, 0.2) is 59.1 Å². The van der Waals surface area contributed by atoms with Gasteiger partial charge in [-0.2, -0.15) is 0 Å². The van der Waals surface area contributed by atoms with E-state index in [9.17, 15) is 14.4 Å². The minimum Gasteiger partial charge on any atom is -0.349 e. The highest BCUT2D eigenvalue weighted by atomic mass is 79.9. The molecule has 38 heavy (non-hydrogen) atoms. The highest BCUT2D eigenvalue weighted by Crippen LogP contribution is 2.39. The van der Waals surface area contributed by atoms with Crippen LogP contribution >= 0.6 is 15.9 Å². The highest BCUT2D eigenvalue weighted by Gasteiger charge is 2.58. The van der Waals surface area contributed by atoms with Crippen LogP contribution in [0.2, 0.25) is 0 Å². The van der Waals surface area contributed by atoms with Gasteiger partial charge in [0.15, 0.2) is 0 Å². The maximum Gasteiger partial charge on any atom is 0.328 e. The summed E-state index contributed by atoms with van der Waals surface area (Å²) in [4.78, 5) is 45.4. The Bertz CT molecular complexity index is 1130. The maximum atomic E-state index is 13.8. The summed E-state index contributed by atoms with van der Waals surface area (Å²) in [5.41, 5.74) is 1.24. The first-order valence-electron chi connectivity index (χ1n) is 13.6. The maximum absolute atomic E-state index is 13.8. The number of carbonyl (C=O) groups excluding carboxylic acids is 3. The van der Waals surface area contributed by atoms with Gasteiger partial charge in [0.2, 0.25) is 5.91 Å². The molecule has 0 aromatic heterocycles. The lowest BCUT2D eigenvalue weighted by molar-refractivity contribution is -0.136. The molecule has 2 aliphatic heterocycles. The average Bonchev–Trinajstić information content (AvgIpc) is 3.10. The first-order chi connectivity index (χ1) is 18.1. The van der Waals surface area contributed by atoms with Crippen molar-refractivity contribution in [3.05, 3.63) is 70.2 Å². The lowest BCUT2D eigenvalue weighted by atomic mass is 9.84. The summed E-state index contributed by atoms with van der Waals surface area (Å²) < 4.78 is 0.964. The third-order valence-electron chi connectivity index (χ3n) is 7.77. The Balaban J connectivity index is 1.43. The van der Waals surface area contributed by atoms with Gasteiger partial charge in [0, 0.05) is 36.1 Å². The molecule has 0 aliphatic carbocycles. The van der Waals surface area contributed by atoms with E-state index >= 15 is 0 Å². The number of rotatable bonds is 9. The predicted octanol–water partition coefficient (Wildman–Crippen LogP) is 5.36. The SMILES string of the molecule is CC(C)C(=O)NC(CCN1CCC2(CC1)C(=O)N(Cc1ccc(Br)cc1)C(=O)N2C(C)C)c1ccccc1. The summed E-state index contributed by atoms with van der Waals surface area (Å²) in [7, 11) is 0. The number of carbonyl (C=O) groups is 3. The number of likely N-dealkylation sites (tertiary alicyclic amines) is 1. The zero-order valence-electron chi connectivity index (χ0n) is 22.8. The number of hydrogen-bond acceptors (Lipinski definition) is 4. The molecular weight excluding hydrogens is 544 g/mol. The molecule has 1 N–H and O–H groups in total. The standard InChI is InChI=1S/C30H39BrN4O3/c1-21(2)27(36)32-26(24-8-6-5-7-9-24)14-17-33-18-15-30(16-19-33)28(37)34(29(38)35(30)22(3)4)20-23-10-12-25(31)13-11-23/h5-13,21-22,26H,14-20H2,1-4H3,(H,32,36). The molecule has 0 radical (unpaired) electrons. The second-order valence-corrected chi connectivity index (χ2v) is 12.0. The first-order valence-corrected chi connectivity index (χ1v) is 14.4. The van der Waals surface area contributed by atoms with Crippen LogP contribution in [-0.4, -0.2) is 63.8 Å². The van der Waals surface area contributed by atoms with E-state index < -0.39 is 5.54 Å². The fourth-order valence-electron chi connectivity index (χ4n) is 5.64. The fraction of sp³-hybridized carbons (Fsp3) is 0.500. The summed E-state index contributed by atoms with van der Waals surface area (Å²) >= 11 is 3.45. The van der Waals surface area contributed by atoms with Crippen LogP contribution in [0.25, 0.3) is 0 Å². The molecular formula is C30H39BrN4O3. The van der Waals surface area contributed by atoms with Crippen LogP contribution in [0.5, 0.6) is 0 Å². The molecule has 4 amide bonds. The third kappa shape index (κ3) is 5.96. The highest BCUT2D eigenvalue weighted by molar-refractivity contribution is 9.10. The quantitative estimate of drug-likeness (QED) is 0.404. The molecule has 8 heteroatoms. The van der Waals surface area contributed by atoms with Gasteiger partial charge >= 0.3 is 6.03 Å². The van der Waals surface area contributed by atoms with E-state index in [0.29, 0.717) is 12.8 Å². The van der Waals surface area contributed by atoms with Crippen molar-refractivity contribution in [3.8, 4) is 0 Å². The van der Waals surface area contributed by atoms with E-state index in [1.165, 1.54) is 4.90 Å². The summed E-state index contributed by atoms with van der Waals surface area (Å²) in [6.07, 6.45) is 2.01. The second-order valence-electron chi connectivity index (χ2n) is 11.1. The van der Waals surface area contributed by atoms with Gasteiger partial charge in [-0.15, -0.1) is 0 Å². The van der Waals surface area contributed by atoms with Crippen molar-refractivity contribution in [2.45, 2.75) is 71.1 Å². The minimum atomic E-state index is -0.790. The van der Waals surface area contributed by atoms with Gasteiger partial charge in [-0.1, -0.05) is 72.2 Å². The van der Waals surface area contributed by atoms with Gasteiger partial charge in [0.25, 0.3) is 5.91 Å². The largest absolute Gasteiger partial charge is 0.349 e. The molecule has 7 nitrogen and oxygen atoms in total. The van der Waals surface area contributed by atoms with Crippen LogP contribution in [0.3, 0.4) is 0 Å². The Morgan fingerprint density at radius 2 is 1.61 bits per heavy atom. The van der Waals surface area contributed by atoms with Crippen LogP contribution in [-0.2, 0) is 16.1 Å². The zero-order chi connectivity index (χ0) is 27.4. The number of benzene rings is 2. The smallest absolute Gasteiger partial charge is 0.328 e. The topological polar surface area (TPSA) is 73.0 Å². The fourth-order valence-corrected chi connectivity index (χ4v) is 5.90. The Morgan fingerprint density at radius 1 is 0.974 bits per heavy atom. The van der Waals surface area contributed by atoms with Gasteiger partial charge in [-0.25, -0.2) is 4.79 Å². The van der Waals surface area contributed by atoms with Gasteiger partial charge in [-0.3, -0.25) is 14.5 Å². The molecule has 4 rings (SSSR count). The summed E-state index contributed by atoms with van der Waals surface area (Å²) in [6.45, 7) is 10.3. The molecule has 2 aromatic rings. The van der Waals surface area contributed by atoms with Crippen molar-refractivity contribution in [2.75, 3.05) is 19.6 Å². The molecule has 1 atom stereocenters. The molecule has 2 aromatic carbocycles. The summed E-state index contributed by atoms with van der Waals surface area (Å²) in [5.74, 6) is -0.112. The molecule has 0 saturated carbocycles. The van der Waals surface area contributed by atoms with E-state index in [1.54, 1.807) is 0 Å². The third-order valence-corrected chi connectivity index (χ3v) is 8.30. The van der Waals surface area contributed by atoms with Crippen molar-refractivity contribution >= 4 is 33.8 Å². The molecule has 2 heterocycles. The van der Waals surface area contributed by atoms with Crippen LogP contribution in [0.4, 0.5) is 4.79 Å². The number of amides is 4. The first kappa shape index (κ1) is 28.3. The summed E-state index contributed by atoms with van der Waals surface area (Å²) in [6, 6.07) is 17.5. The number of urea groups is 1. The average molecular weight is 584 g/mol. The number of nitrogens with one attached hydrogen (secondary N) is 1. The van der Waals surface area contributed by atoms with Gasteiger partial charge in [0.1, 0.15) is 5.54 Å². The monoisotopic (exact) mass is 582 g/mol. The minimum absolute atomic E-state index is 0.0463. The normalized spacial score (nSPS) is 18.6. The molecule has 1 unspecified atom stereocenters. The number of halogens is 1. The van der Waals surface area contributed by atoms with E-state index in [-0.39, 0.29) is 42.4 Å². The Morgan fingerprint density at radius 3 is 2.18 bits per heavy atom. The summed E-state index contributed by atoms with van der Waals surface area (Å²) in [5, 5.41) is 3.21. The lowest BCUT2D eigenvalue weighted by Gasteiger charge is -2.44. The molecule has 2 fully saturated rings. The number of piperidine rings is 1. The van der Waals surface area contributed by atoms with Crippen molar-refractivity contribution in [1.29, 1.82) is 0 Å². The van der Waals surface area contributed by atoms with Crippen molar-refractivity contribution < 1.29 is 14.4 Å². The molecule has 2 aliphatic rings. The molecule has 1 spiro atoms. The lowest BCUT2D eigenvalue weighted by Crippen LogP contribution is -2.58. The van der Waals surface area contributed by atoms with Crippen molar-refractivity contribution in [1.82, 2.24) is 20.0 Å². The van der Waals surface area contributed by atoms with E-state index in [2.05, 4.69) is 38.3 Å². The zero-order valence-corrected chi connectivity index (χ0v) is 24.4. The predicted molar refractivity (Wildman–Crippen MR) is 152 cm³/mol. The number of imide groups is 1. The molecule has 0 bridgehead atoms. The van der Waals surface area contributed by atoms with Gasteiger partial charge in [0.05, 0.1) is 12.6 Å². The van der Waals surface area contributed by atoms with Crippen LogP contribution < -0.4 is 5.32 Å². The van der Waals surface area contributed by atoms with Crippen LogP contribution in [0.1, 0.15) is 64.1 Å². The second kappa shape index (κ2) is 12.0. The van der Waals surface area contributed by atoms with Crippen molar-refractivity contribution in [2.24, 2.45) is 5.92 Å². The van der Waals surface area contributed by atoms with Gasteiger partial charge < -0.3 is 15.1 Å². The van der Waals surface area contributed by atoms with Gasteiger partial charge in [-0.05, 0) is 56.4 Å². The number of nitrogens with zero attached hydrogens (tertiary/aromatic N) is 3. The van der Waals surface area contributed by atoms with Crippen molar-refractivity contribution in [3.63, 3.8) is 0 Å². The Labute approximate surface area is 234 Å². The number of hydrogen-bond donors (Lipinski definition) is 1. The van der Waals surface area contributed by atoms with E-state index in [1.807, 2.05) is 75.1 Å². The van der Waals surface area contributed by atoms with Crippen LogP contribution in [0, 0.1) is 5.92 Å². The van der Waals surface area contributed by atoms with E-state index in [0.717, 1.165) is 41.7 Å². The Hall–Kier alpha value is -2.71. The molecule has 204 valence electrons. The molecule has 2 saturated heterocycles. The Kier molecular flexibility index (Phi) is 8.93. The van der Waals surface area contributed by atoms with E-state index in [4.69, 9.17) is 0 Å².